The molecule has 0 radical (unpaired) electrons. The second-order valence-electron chi connectivity index (χ2n) is 7.78. The molecule has 0 aromatic carbocycles. The number of nitrogens with one attached hydrogen (secondary N) is 1. The van der Waals surface area contributed by atoms with Crippen LogP contribution in [0, 0.1) is 0 Å². The molecule has 4 heterocycles. The highest BCUT2D eigenvalue weighted by Gasteiger charge is 2.17. The lowest BCUT2D eigenvalue weighted by molar-refractivity contribution is -0.0498. The number of hydrogen-bond donors (Lipinski definition) is 2. The van der Waals surface area contributed by atoms with Gasteiger partial charge in [0.05, 0.1) is 18.5 Å². The van der Waals surface area contributed by atoms with E-state index in [1.165, 1.54) is 24.5 Å². The number of aromatic nitrogens is 6. The topological polar surface area (TPSA) is 126 Å². The van der Waals surface area contributed by atoms with Gasteiger partial charge in [0.15, 0.2) is 5.82 Å². The molecule has 0 amide bonds. The Morgan fingerprint density at radius 3 is 2.69 bits per heavy atom. The summed E-state index contributed by atoms with van der Waals surface area (Å²) in [7, 11) is 1.76. The summed E-state index contributed by atoms with van der Waals surface area (Å²) in [6, 6.07) is 5.95. The van der Waals surface area contributed by atoms with Gasteiger partial charge in [0.2, 0.25) is 5.88 Å². The lowest BCUT2D eigenvalue weighted by atomic mass is 10.1. The number of nitrogens with zero attached hydrogens (tertiary/aromatic N) is 6. The molecule has 0 saturated carbocycles. The molecular formula is C23H23ClF2N8O2. The molecule has 0 aliphatic heterocycles. The second kappa shape index (κ2) is 11.1. The molecular weight excluding hydrogens is 494 g/mol. The Hall–Kier alpha value is -4.06. The molecule has 0 spiro atoms. The van der Waals surface area contributed by atoms with Crippen LogP contribution in [0.4, 0.5) is 20.3 Å². The summed E-state index contributed by atoms with van der Waals surface area (Å²) in [6.45, 7) is -0.615. The van der Waals surface area contributed by atoms with E-state index in [9.17, 15) is 8.78 Å². The van der Waals surface area contributed by atoms with Crippen LogP contribution in [-0.4, -0.2) is 49.0 Å². The van der Waals surface area contributed by atoms with Gasteiger partial charge in [-0.2, -0.15) is 13.9 Å². The summed E-state index contributed by atoms with van der Waals surface area (Å²) in [6.07, 6.45) is 6.70. The summed E-state index contributed by atoms with van der Waals surface area (Å²) in [4.78, 5) is 16.8. The average Bonchev–Trinajstić information content (AvgIpc) is 3.19. The van der Waals surface area contributed by atoms with E-state index in [1.54, 1.807) is 36.3 Å². The van der Waals surface area contributed by atoms with E-state index in [0.717, 1.165) is 0 Å². The smallest absolute Gasteiger partial charge is 0.387 e. The molecule has 13 heteroatoms. The van der Waals surface area contributed by atoms with Crippen LogP contribution in [0.15, 0.2) is 49.1 Å². The second-order valence-corrected chi connectivity index (χ2v) is 8.17. The van der Waals surface area contributed by atoms with E-state index in [4.69, 9.17) is 22.1 Å². The van der Waals surface area contributed by atoms with Gasteiger partial charge in [-0.15, -0.1) is 0 Å². The molecule has 188 valence electrons. The predicted molar refractivity (Wildman–Crippen MR) is 131 cm³/mol. The fraction of sp³-hybridized carbons (Fsp3) is 0.261. The van der Waals surface area contributed by atoms with Gasteiger partial charge in [-0.25, -0.2) is 19.6 Å². The van der Waals surface area contributed by atoms with E-state index in [2.05, 4.69) is 35.1 Å². The highest BCUT2D eigenvalue weighted by molar-refractivity contribution is 6.29. The monoisotopic (exact) mass is 516 g/mol. The SMILES string of the molecule is C[C@@H](CCOc1c(-c2nccc(N)n2)cnn1C)Nc1cc(Cl)ncc1-c1cc(OC(F)F)ccn1. The van der Waals surface area contributed by atoms with Crippen LogP contribution in [0.5, 0.6) is 11.6 Å². The first-order valence-corrected chi connectivity index (χ1v) is 11.2. The Morgan fingerprint density at radius 1 is 1.11 bits per heavy atom. The minimum atomic E-state index is -2.94. The molecule has 0 fully saturated rings. The first-order chi connectivity index (χ1) is 17.3. The summed E-state index contributed by atoms with van der Waals surface area (Å²) < 4.78 is 37.3. The van der Waals surface area contributed by atoms with Crippen LogP contribution in [0.1, 0.15) is 13.3 Å². The molecule has 0 unspecified atom stereocenters. The third-order valence-corrected chi connectivity index (χ3v) is 5.30. The summed E-state index contributed by atoms with van der Waals surface area (Å²) in [5.74, 6) is 1.28. The lowest BCUT2D eigenvalue weighted by Gasteiger charge is -2.19. The van der Waals surface area contributed by atoms with E-state index in [1.807, 2.05) is 6.92 Å². The number of nitrogens with two attached hydrogens (primary N) is 1. The van der Waals surface area contributed by atoms with Gasteiger partial charge in [0.1, 0.15) is 22.3 Å². The van der Waals surface area contributed by atoms with Crippen LogP contribution in [0.25, 0.3) is 22.6 Å². The maximum absolute atomic E-state index is 12.6. The number of aryl methyl sites for hydroxylation is 1. The number of halogens is 3. The molecule has 36 heavy (non-hydrogen) atoms. The van der Waals surface area contributed by atoms with E-state index >= 15 is 0 Å². The molecule has 4 aromatic rings. The molecule has 4 rings (SSSR count). The average molecular weight is 517 g/mol. The largest absolute Gasteiger partial charge is 0.477 e. The summed E-state index contributed by atoms with van der Waals surface area (Å²) >= 11 is 6.11. The normalized spacial score (nSPS) is 11.9. The number of pyridine rings is 2. The molecule has 0 saturated heterocycles. The Kier molecular flexibility index (Phi) is 7.74. The number of rotatable bonds is 10. The molecule has 0 aliphatic rings. The molecule has 10 nitrogen and oxygen atoms in total. The summed E-state index contributed by atoms with van der Waals surface area (Å²) in [5.41, 5.74) is 8.03. The highest BCUT2D eigenvalue weighted by atomic mass is 35.5. The van der Waals surface area contributed by atoms with Gasteiger partial charge < -0.3 is 20.5 Å². The lowest BCUT2D eigenvalue weighted by Crippen LogP contribution is -2.19. The maximum Gasteiger partial charge on any atom is 0.387 e. The number of ether oxygens (including phenoxy) is 2. The number of hydrogen-bond acceptors (Lipinski definition) is 9. The Balaban J connectivity index is 1.44. The van der Waals surface area contributed by atoms with Gasteiger partial charge in [0.25, 0.3) is 0 Å². The van der Waals surface area contributed by atoms with Crippen LogP contribution >= 0.6 is 11.6 Å². The van der Waals surface area contributed by atoms with Crippen molar-refractivity contribution < 1.29 is 18.3 Å². The van der Waals surface area contributed by atoms with E-state index < -0.39 is 6.61 Å². The van der Waals surface area contributed by atoms with Crippen LogP contribution < -0.4 is 20.5 Å². The van der Waals surface area contributed by atoms with Crippen LogP contribution in [0.3, 0.4) is 0 Å². The van der Waals surface area contributed by atoms with Crippen molar-refractivity contribution >= 4 is 23.1 Å². The molecule has 3 N–H and O–H groups in total. The number of nitrogen functional groups attached to an aromatic ring is 1. The Bertz CT molecular complexity index is 1340. The van der Waals surface area contributed by atoms with Crippen molar-refractivity contribution in [2.24, 2.45) is 7.05 Å². The fourth-order valence-corrected chi connectivity index (χ4v) is 3.57. The van der Waals surface area contributed by atoms with E-state index in [0.29, 0.717) is 53.1 Å². The first-order valence-electron chi connectivity index (χ1n) is 10.9. The van der Waals surface area contributed by atoms with Gasteiger partial charge in [0, 0.05) is 55.4 Å². The molecule has 0 bridgehead atoms. The number of alkyl halides is 2. The summed E-state index contributed by atoms with van der Waals surface area (Å²) in [5, 5.41) is 7.87. The minimum Gasteiger partial charge on any atom is -0.477 e. The Labute approximate surface area is 210 Å². The fourth-order valence-electron chi connectivity index (χ4n) is 3.41. The zero-order valence-corrected chi connectivity index (χ0v) is 20.2. The van der Waals surface area contributed by atoms with Crippen molar-refractivity contribution in [1.29, 1.82) is 0 Å². The number of anilines is 2. The van der Waals surface area contributed by atoms with Gasteiger partial charge in [-0.1, -0.05) is 11.6 Å². The standard InChI is InChI=1S/C23H23ClF2N8O2/c1-13(5-8-35-22-16(12-31-34(22)2)21-29-7-4-20(27)33-21)32-18-10-19(24)30-11-15(18)17-9-14(3-6-28-17)36-23(25)26/h3-4,6-7,9-13,23H,5,8H2,1-2H3,(H,30,32)(H2,27,29,33)/t13-/m0/s1. The van der Waals surface area contributed by atoms with Crippen LogP contribution in [0.2, 0.25) is 5.15 Å². The van der Waals surface area contributed by atoms with Crippen molar-refractivity contribution in [2.75, 3.05) is 17.7 Å². The third kappa shape index (κ3) is 6.13. The van der Waals surface area contributed by atoms with Gasteiger partial charge in [-0.05, 0) is 25.1 Å². The third-order valence-electron chi connectivity index (χ3n) is 5.10. The molecule has 1 atom stereocenters. The van der Waals surface area contributed by atoms with Crippen LogP contribution in [-0.2, 0) is 7.05 Å². The zero-order chi connectivity index (χ0) is 25.7. The molecule has 4 aromatic heterocycles. The maximum atomic E-state index is 12.6. The molecule has 0 aliphatic carbocycles. The van der Waals surface area contributed by atoms with E-state index in [-0.39, 0.29) is 16.9 Å². The van der Waals surface area contributed by atoms with Crippen molar-refractivity contribution in [2.45, 2.75) is 26.0 Å². The zero-order valence-electron chi connectivity index (χ0n) is 19.4. The first kappa shape index (κ1) is 25.0. The van der Waals surface area contributed by atoms with Crippen molar-refractivity contribution in [3.63, 3.8) is 0 Å². The van der Waals surface area contributed by atoms with Crippen molar-refractivity contribution in [3.8, 4) is 34.3 Å². The Morgan fingerprint density at radius 2 is 1.92 bits per heavy atom. The predicted octanol–water partition coefficient (Wildman–Crippen LogP) is 4.44. The highest BCUT2D eigenvalue weighted by Crippen LogP contribution is 2.31. The quantitative estimate of drug-likeness (QED) is 0.294. The van der Waals surface area contributed by atoms with Gasteiger partial charge >= 0.3 is 6.61 Å². The van der Waals surface area contributed by atoms with Crippen molar-refractivity contribution in [3.05, 3.63) is 54.2 Å². The van der Waals surface area contributed by atoms with Gasteiger partial charge in [-0.3, -0.25) is 4.98 Å². The minimum absolute atomic E-state index is 0.00604. The van der Waals surface area contributed by atoms with Crippen molar-refractivity contribution in [1.82, 2.24) is 29.7 Å².